The van der Waals surface area contributed by atoms with Gasteiger partial charge in [0.2, 0.25) is 0 Å². The fourth-order valence-corrected chi connectivity index (χ4v) is 1.83. The maximum Gasteiger partial charge on any atom is 0.0947 e. The van der Waals surface area contributed by atoms with E-state index in [4.69, 9.17) is 16.0 Å². The van der Waals surface area contributed by atoms with Gasteiger partial charge in [0.05, 0.1) is 12.5 Å². The largest absolute Gasteiger partial charge is 0.472 e. The van der Waals surface area contributed by atoms with Crippen molar-refractivity contribution >= 4 is 11.6 Å². The summed E-state index contributed by atoms with van der Waals surface area (Å²) in [6.07, 6.45) is 3.42. The summed E-state index contributed by atoms with van der Waals surface area (Å²) in [4.78, 5) is 0. The first-order valence-corrected chi connectivity index (χ1v) is 5.60. The number of benzene rings is 1. The van der Waals surface area contributed by atoms with Crippen LogP contribution >= 0.6 is 11.6 Å². The summed E-state index contributed by atoms with van der Waals surface area (Å²) in [6, 6.07) is 8.06. The van der Waals surface area contributed by atoms with Gasteiger partial charge in [-0.05, 0) is 30.2 Å². The quantitative estimate of drug-likeness (QED) is 0.877. The fraction of sp³-hybridized carbons (Fsp3) is 0.231. The predicted molar refractivity (Wildman–Crippen MR) is 65.4 cm³/mol. The molecule has 0 saturated carbocycles. The second-order valence-electron chi connectivity index (χ2n) is 3.83. The maximum atomic E-state index is 6.13. The summed E-state index contributed by atoms with van der Waals surface area (Å²) in [5.74, 6) is 0. The Morgan fingerprint density at radius 1 is 1.25 bits per heavy atom. The first-order valence-electron chi connectivity index (χ1n) is 5.22. The number of halogens is 1. The second kappa shape index (κ2) is 5.19. The molecule has 0 aliphatic heterocycles. The van der Waals surface area contributed by atoms with E-state index in [1.165, 1.54) is 5.56 Å². The van der Waals surface area contributed by atoms with E-state index in [0.29, 0.717) is 0 Å². The molecule has 1 aromatic carbocycles. The molecule has 2 rings (SSSR count). The number of furan rings is 1. The molecule has 0 aliphatic rings. The highest BCUT2D eigenvalue weighted by Gasteiger charge is 2.00. The number of rotatable bonds is 4. The topological polar surface area (TPSA) is 25.2 Å². The van der Waals surface area contributed by atoms with Crippen LogP contribution in [0.1, 0.15) is 16.7 Å². The number of hydrogen-bond acceptors (Lipinski definition) is 2. The first-order chi connectivity index (χ1) is 7.75. The third-order valence-electron chi connectivity index (χ3n) is 2.43. The normalized spacial score (nSPS) is 10.6. The van der Waals surface area contributed by atoms with Gasteiger partial charge in [0, 0.05) is 23.7 Å². The van der Waals surface area contributed by atoms with Crippen molar-refractivity contribution in [2.24, 2.45) is 0 Å². The van der Waals surface area contributed by atoms with Crippen LogP contribution < -0.4 is 5.32 Å². The molecule has 0 aliphatic carbocycles. The Morgan fingerprint density at radius 3 is 2.81 bits per heavy atom. The Kier molecular flexibility index (Phi) is 3.65. The van der Waals surface area contributed by atoms with Gasteiger partial charge in [0.25, 0.3) is 0 Å². The molecule has 0 bridgehead atoms. The van der Waals surface area contributed by atoms with Crippen LogP contribution in [0.3, 0.4) is 0 Å². The Bertz CT molecular complexity index is 451. The molecular formula is C13H14ClNO. The average Bonchev–Trinajstić information content (AvgIpc) is 2.74. The SMILES string of the molecule is Cc1ccc(CNCc2ccoc2)c(Cl)c1. The van der Waals surface area contributed by atoms with E-state index in [2.05, 4.69) is 17.4 Å². The molecule has 84 valence electrons. The van der Waals surface area contributed by atoms with Gasteiger partial charge in [-0.15, -0.1) is 0 Å². The molecule has 1 heterocycles. The van der Waals surface area contributed by atoms with Crippen molar-refractivity contribution in [1.29, 1.82) is 0 Å². The van der Waals surface area contributed by atoms with E-state index in [-0.39, 0.29) is 0 Å². The molecule has 1 N–H and O–H groups in total. The lowest BCUT2D eigenvalue weighted by Gasteiger charge is -2.06. The third-order valence-corrected chi connectivity index (χ3v) is 2.79. The second-order valence-corrected chi connectivity index (χ2v) is 4.24. The van der Waals surface area contributed by atoms with E-state index in [0.717, 1.165) is 29.2 Å². The van der Waals surface area contributed by atoms with Crippen LogP contribution in [0.25, 0.3) is 0 Å². The molecule has 16 heavy (non-hydrogen) atoms. The molecule has 0 saturated heterocycles. The van der Waals surface area contributed by atoms with Gasteiger partial charge < -0.3 is 9.73 Å². The third kappa shape index (κ3) is 2.87. The minimum atomic E-state index is 0.768. The number of hydrogen-bond donors (Lipinski definition) is 1. The van der Waals surface area contributed by atoms with E-state index < -0.39 is 0 Å². The molecule has 2 nitrogen and oxygen atoms in total. The van der Waals surface area contributed by atoms with Crippen molar-refractivity contribution in [1.82, 2.24) is 5.32 Å². The Balaban J connectivity index is 1.90. The van der Waals surface area contributed by atoms with E-state index in [1.54, 1.807) is 12.5 Å². The van der Waals surface area contributed by atoms with Crippen LogP contribution in [0.5, 0.6) is 0 Å². The van der Waals surface area contributed by atoms with Gasteiger partial charge in [-0.1, -0.05) is 23.7 Å². The summed E-state index contributed by atoms with van der Waals surface area (Å²) < 4.78 is 4.99. The van der Waals surface area contributed by atoms with Gasteiger partial charge in [-0.25, -0.2) is 0 Å². The number of aryl methyl sites for hydroxylation is 1. The van der Waals surface area contributed by atoms with Gasteiger partial charge in [0.1, 0.15) is 0 Å². The van der Waals surface area contributed by atoms with Crippen molar-refractivity contribution in [2.75, 3.05) is 0 Å². The smallest absolute Gasteiger partial charge is 0.0947 e. The van der Waals surface area contributed by atoms with E-state index in [9.17, 15) is 0 Å². The standard InChI is InChI=1S/C13H14ClNO/c1-10-2-3-12(13(14)6-10)8-15-7-11-4-5-16-9-11/h2-6,9,15H,7-8H2,1H3. The first kappa shape index (κ1) is 11.2. The van der Waals surface area contributed by atoms with Crippen LogP contribution in [0.4, 0.5) is 0 Å². The Labute approximate surface area is 100 Å². The van der Waals surface area contributed by atoms with Crippen LogP contribution in [-0.2, 0) is 13.1 Å². The monoisotopic (exact) mass is 235 g/mol. The Morgan fingerprint density at radius 2 is 2.12 bits per heavy atom. The summed E-state index contributed by atoms with van der Waals surface area (Å²) in [5.41, 5.74) is 3.45. The zero-order chi connectivity index (χ0) is 11.4. The molecule has 0 radical (unpaired) electrons. The molecule has 0 atom stereocenters. The molecule has 3 heteroatoms. The zero-order valence-corrected chi connectivity index (χ0v) is 9.92. The Hall–Kier alpha value is -1.25. The summed E-state index contributed by atoms with van der Waals surface area (Å²) in [5, 5.41) is 4.14. The highest BCUT2D eigenvalue weighted by molar-refractivity contribution is 6.31. The molecule has 2 aromatic rings. The molecule has 1 aromatic heterocycles. The molecular weight excluding hydrogens is 222 g/mol. The van der Waals surface area contributed by atoms with Crippen LogP contribution in [-0.4, -0.2) is 0 Å². The van der Waals surface area contributed by atoms with Crippen molar-refractivity contribution in [3.8, 4) is 0 Å². The maximum absolute atomic E-state index is 6.13. The summed E-state index contributed by atoms with van der Waals surface area (Å²) >= 11 is 6.13. The van der Waals surface area contributed by atoms with Crippen molar-refractivity contribution in [2.45, 2.75) is 20.0 Å². The van der Waals surface area contributed by atoms with Crippen LogP contribution in [0.2, 0.25) is 5.02 Å². The van der Waals surface area contributed by atoms with E-state index in [1.807, 2.05) is 19.1 Å². The van der Waals surface area contributed by atoms with Gasteiger partial charge in [-0.3, -0.25) is 0 Å². The van der Waals surface area contributed by atoms with Gasteiger partial charge in [-0.2, -0.15) is 0 Å². The lowest BCUT2D eigenvalue weighted by Crippen LogP contribution is -2.12. The van der Waals surface area contributed by atoms with E-state index >= 15 is 0 Å². The molecule has 0 spiro atoms. The minimum Gasteiger partial charge on any atom is -0.472 e. The highest BCUT2D eigenvalue weighted by atomic mass is 35.5. The minimum absolute atomic E-state index is 0.768. The zero-order valence-electron chi connectivity index (χ0n) is 9.16. The lowest BCUT2D eigenvalue weighted by molar-refractivity contribution is 0.560. The van der Waals surface area contributed by atoms with Crippen LogP contribution in [0.15, 0.2) is 41.2 Å². The van der Waals surface area contributed by atoms with Gasteiger partial charge in [0.15, 0.2) is 0 Å². The average molecular weight is 236 g/mol. The predicted octanol–water partition coefficient (Wildman–Crippen LogP) is 3.53. The molecule has 0 fully saturated rings. The van der Waals surface area contributed by atoms with Crippen LogP contribution in [0, 0.1) is 6.92 Å². The van der Waals surface area contributed by atoms with Crippen molar-refractivity contribution in [3.63, 3.8) is 0 Å². The fourth-order valence-electron chi connectivity index (χ4n) is 1.53. The summed E-state index contributed by atoms with van der Waals surface area (Å²) in [6.45, 7) is 3.60. The molecule has 0 amide bonds. The van der Waals surface area contributed by atoms with Crippen molar-refractivity contribution < 1.29 is 4.42 Å². The van der Waals surface area contributed by atoms with Crippen molar-refractivity contribution in [3.05, 3.63) is 58.5 Å². The summed E-state index contributed by atoms with van der Waals surface area (Å²) in [7, 11) is 0. The highest BCUT2D eigenvalue weighted by Crippen LogP contribution is 2.17. The van der Waals surface area contributed by atoms with Gasteiger partial charge >= 0.3 is 0 Å². The lowest BCUT2D eigenvalue weighted by atomic mass is 10.1. The molecule has 0 unspecified atom stereocenters. The number of nitrogens with one attached hydrogen (secondary N) is 1.